The van der Waals surface area contributed by atoms with Crippen molar-refractivity contribution < 1.29 is 4.79 Å². The number of fused-ring (bicyclic) bond motifs is 1. The number of benzene rings is 2. The van der Waals surface area contributed by atoms with Gasteiger partial charge in [-0.2, -0.15) is 0 Å². The van der Waals surface area contributed by atoms with E-state index in [1.54, 1.807) is 18.0 Å². The molecule has 4 rings (SSSR count). The molecule has 3 nitrogen and oxygen atoms in total. The first-order chi connectivity index (χ1) is 11.8. The summed E-state index contributed by atoms with van der Waals surface area (Å²) in [4.78, 5) is 21.2. The number of hydrogen-bond acceptors (Lipinski definition) is 3. The molecule has 0 radical (unpaired) electrons. The van der Waals surface area contributed by atoms with Crippen molar-refractivity contribution in [2.45, 2.75) is 16.2 Å². The maximum atomic E-state index is 13.1. The Bertz CT molecular complexity index is 880. The van der Waals surface area contributed by atoms with E-state index in [1.807, 2.05) is 59.6 Å². The van der Waals surface area contributed by atoms with Crippen molar-refractivity contribution in [1.82, 2.24) is 4.98 Å². The van der Waals surface area contributed by atoms with Gasteiger partial charge in [0.1, 0.15) is 0 Å². The second-order valence-electron chi connectivity index (χ2n) is 5.62. The molecule has 118 valence electrons. The average molecular weight is 332 g/mol. The Morgan fingerprint density at radius 2 is 1.79 bits per heavy atom. The van der Waals surface area contributed by atoms with E-state index >= 15 is 0 Å². The van der Waals surface area contributed by atoms with Crippen LogP contribution in [0.5, 0.6) is 0 Å². The van der Waals surface area contributed by atoms with E-state index in [9.17, 15) is 4.79 Å². The van der Waals surface area contributed by atoms with Crippen molar-refractivity contribution in [2.24, 2.45) is 0 Å². The van der Waals surface area contributed by atoms with Gasteiger partial charge in [-0.3, -0.25) is 9.78 Å². The molecule has 2 aromatic carbocycles. The van der Waals surface area contributed by atoms with E-state index in [0.717, 1.165) is 33.0 Å². The number of nitrogens with zero attached hydrogens (tertiary/aromatic N) is 2. The number of amides is 1. The standard InChI is InChI=1S/C20H16N2OS/c23-20(22-13-11-15-14-21-12-10-18(15)22)17-8-4-5-9-19(17)24-16-6-2-1-3-7-16/h1-10,12,14H,11,13H2. The SMILES string of the molecule is O=C(c1ccccc1Sc1ccccc1)N1CCc2cnccc21. The van der Waals surface area contributed by atoms with Crippen molar-refractivity contribution >= 4 is 23.4 Å². The lowest BCUT2D eigenvalue weighted by atomic mass is 10.2. The molecule has 0 saturated heterocycles. The molecule has 0 aliphatic carbocycles. The lowest BCUT2D eigenvalue weighted by molar-refractivity contribution is 0.0986. The Hall–Kier alpha value is -2.59. The van der Waals surface area contributed by atoms with Crippen LogP contribution in [0.15, 0.2) is 82.8 Å². The summed E-state index contributed by atoms with van der Waals surface area (Å²) in [7, 11) is 0. The highest BCUT2D eigenvalue weighted by Crippen LogP contribution is 2.33. The summed E-state index contributed by atoms with van der Waals surface area (Å²) in [6.45, 7) is 0.712. The smallest absolute Gasteiger partial charge is 0.259 e. The average Bonchev–Trinajstić information content (AvgIpc) is 3.07. The maximum Gasteiger partial charge on any atom is 0.259 e. The number of carbonyl (C=O) groups is 1. The van der Waals surface area contributed by atoms with Gasteiger partial charge in [0.05, 0.1) is 11.3 Å². The van der Waals surface area contributed by atoms with Crippen LogP contribution in [0.25, 0.3) is 0 Å². The lowest BCUT2D eigenvalue weighted by Crippen LogP contribution is -2.29. The number of carbonyl (C=O) groups excluding carboxylic acids is 1. The van der Waals surface area contributed by atoms with Gasteiger partial charge in [-0.05, 0) is 42.3 Å². The fraction of sp³-hybridized carbons (Fsp3) is 0.100. The van der Waals surface area contributed by atoms with Crippen LogP contribution in [0.2, 0.25) is 0 Å². The van der Waals surface area contributed by atoms with E-state index in [4.69, 9.17) is 0 Å². The zero-order chi connectivity index (χ0) is 16.4. The third kappa shape index (κ3) is 2.81. The Kier molecular flexibility index (Phi) is 4.05. The maximum absolute atomic E-state index is 13.1. The fourth-order valence-electron chi connectivity index (χ4n) is 2.93. The highest BCUT2D eigenvalue weighted by Gasteiger charge is 2.26. The zero-order valence-electron chi connectivity index (χ0n) is 13.1. The third-order valence-electron chi connectivity index (χ3n) is 4.11. The van der Waals surface area contributed by atoms with Crippen LogP contribution in [0.4, 0.5) is 5.69 Å². The first-order valence-corrected chi connectivity index (χ1v) is 8.71. The minimum Gasteiger partial charge on any atom is -0.308 e. The molecule has 0 unspecified atom stereocenters. The van der Waals surface area contributed by atoms with Gasteiger partial charge < -0.3 is 4.90 Å². The molecule has 0 spiro atoms. The van der Waals surface area contributed by atoms with Crippen LogP contribution in [0, 0.1) is 0 Å². The normalized spacial score (nSPS) is 12.9. The molecule has 0 atom stereocenters. The van der Waals surface area contributed by atoms with Gasteiger partial charge in [-0.1, -0.05) is 42.1 Å². The van der Waals surface area contributed by atoms with Gasteiger partial charge in [0.15, 0.2) is 0 Å². The molecule has 1 aliphatic heterocycles. The topological polar surface area (TPSA) is 33.2 Å². The summed E-state index contributed by atoms with van der Waals surface area (Å²) in [5.74, 6) is 0.0546. The molecule has 2 heterocycles. The van der Waals surface area contributed by atoms with Crippen LogP contribution >= 0.6 is 11.8 Å². The molecule has 0 N–H and O–H groups in total. The molecule has 1 amide bonds. The molecular weight excluding hydrogens is 316 g/mol. The summed E-state index contributed by atoms with van der Waals surface area (Å²) in [5, 5.41) is 0. The highest BCUT2D eigenvalue weighted by molar-refractivity contribution is 7.99. The first-order valence-electron chi connectivity index (χ1n) is 7.89. The van der Waals surface area contributed by atoms with Crippen molar-refractivity contribution in [3.63, 3.8) is 0 Å². The van der Waals surface area contributed by atoms with Crippen molar-refractivity contribution in [3.8, 4) is 0 Å². The molecule has 24 heavy (non-hydrogen) atoms. The minimum absolute atomic E-state index is 0.0546. The molecule has 4 heteroatoms. The van der Waals surface area contributed by atoms with Crippen LogP contribution in [0.3, 0.4) is 0 Å². The largest absolute Gasteiger partial charge is 0.308 e. The van der Waals surface area contributed by atoms with E-state index in [0.29, 0.717) is 6.54 Å². The Balaban J connectivity index is 1.66. The first kappa shape index (κ1) is 15.0. The summed E-state index contributed by atoms with van der Waals surface area (Å²) in [6.07, 6.45) is 4.46. The fourth-order valence-corrected chi connectivity index (χ4v) is 3.89. The highest BCUT2D eigenvalue weighted by atomic mass is 32.2. The predicted molar refractivity (Wildman–Crippen MR) is 96.6 cm³/mol. The quantitative estimate of drug-likeness (QED) is 0.711. The van der Waals surface area contributed by atoms with Crippen molar-refractivity contribution in [2.75, 3.05) is 11.4 Å². The van der Waals surface area contributed by atoms with Crippen LogP contribution < -0.4 is 4.90 Å². The second kappa shape index (κ2) is 6.49. The summed E-state index contributed by atoms with van der Waals surface area (Å²) in [5.41, 5.74) is 2.87. The minimum atomic E-state index is 0.0546. The Labute approximate surface area is 145 Å². The number of pyridine rings is 1. The lowest BCUT2D eigenvalue weighted by Gasteiger charge is -2.19. The van der Waals surface area contributed by atoms with Gasteiger partial charge in [0.25, 0.3) is 5.91 Å². The third-order valence-corrected chi connectivity index (χ3v) is 5.19. The Morgan fingerprint density at radius 3 is 2.67 bits per heavy atom. The summed E-state index contributed by atoms with van der Waals surface area (Å²) >= 11 is 1.62. The van der Waals surface area contributed by atoms with Crippen molar-refractivity contribution in [3.05, 3.63) is 84.2 Å². The van der Waals surface area contributed by atoms with Gasteiger partial charge in [0.2, 0.25) is 0 Å². The van der Waals surface area contributed by atoms with Crippen LogP contribution in [0.1, 0.15) is 15.9 Å². The Morgan fingerprint density at radius 1 is 1.00 bits per heavy atom. The number of aromatic nitrogens is 1. The van der Waals surface area contributed by atoms with Gasteiger partial charge >= 0.3 is 0 Å². The van der Waals surface area contributed by atoms with E-state index in [-0.39, 0.29) is 5.91 Å². The van der Waals surface area contributed by atoms with E-state index in [2.05, 4.69) is 17.1 Å². The van der Waals surface area contributed by atoms with Crippen molar-refractivity contribution in [1.29, 1.82) is 0 Å². The molecule has 1 aromatic heterocycles. The molecule has 1 aliphatic rings. The second-order valence-corrected chi connectivity index (χ2v) is 6.74. The predicted octanol–water partition coefficient (Wildman–Crippen LogP) is 4.44. The zero-order valence-corrected chi connectivity index (χ0v) is 13.9. The van der Waals surface area contributed by atoms with Crippen LogP contribution in [-0.2, 0) is 6.42 Å². The van der Waals surface area contributed by atoms with Gasteiger partial charge in [-0.15, -0.1) is 0 Å². The van der Waals surface area contributed by atoms with E-state index in [1.165, 1.54) is 0 Å². The number of hydrogen-bond donors (Lipinski definition) is 0. The summed E-state index contributed by atoms with van der Waals surface area (Å²) < 4.78 is 0. The van der Waals surface area contributed by atoms with Gasteiger partial charge in [0, 0.05) is 28.7 Å². The molecule has 0 saturated carbocycles. The number of rotatable bonds is 3. The monoisotopic (exact) mass is 332 g/mol. The molecule has 0 fully saturated rings. The summed E-state index contributed by atoms with van der Waals surface area (Å²) in [6, 6.07) is 19.9. The van der Waals surface area contributed by atoms with Gasteiger partial charge in [-0.25, -0.2) is 0 Å². The molecular formula is C20H16N2OS. The van der Waals surface area contributed by atoms with E-state index < -0.39 is 0 Å². The molecule has 0 bridgehead atoms. The number of anilines is 1. The van der Waals surface area contributed by atoms with Crippen LogP contribution in [-0.4, -0.2) is 17.4 Å². The molecule has 3 aromatic rings.